The summed E-state index contributed by atoms with van der Waals surface area (Å²) in [7, 11) is 0. The number of halogens is 1. The van der Waals surface area contributed by atoms with Gasteiger partial charge >= 0.3 is 0 Å². The largest absolute Gasteiger partial charge is 0.320 e. The third-order valence-electron chi connectivity index (χ3n) is 4.16. The van der Waals surface area contributed by atoms with Crippen LogP contribution in [0.4, 0.5) is 5.69 Å². The van der Waals surface area contributed by atoms with Crippen LogP contribution in [0.5, 0.6) is 0 Å². The smallest absolute Gasteiger partial charge is 0.278 e. The zero-order valence-corrected chi connectivity index (χ0v) is 15.1. The molecule has 25 heavy (non-hydrogen) atoms. The Kier molecular flexibility index (Phi) is 4.86. The lowest BCUT2D eigenvalue weighted by Crippen LogP contribution is -2.16. The van der Waals surface area contributed by atoms with Gasteiger partial charge in [0.15, 0.2) is 5.69 Å². The minimum absolute atomic E-state index is 0.262. The van der Waals surface area contributed by atoms with E-state index in [0.717, 1.165) is 28.9 Å². The van der Waals surface area contributed by atoms with Gasteiger partial charge in [-0.15, -0.1) is 5.10 Å². The van der Waals surface area contributed by atoms with Crippen LogP contribution in [0.15, 0.2) is 42.5 Å². The Morgan fingerprint density at radius 1 is 1.16 bits per heavy atom. The van der Waals surface area contributed by atoms with Gasteiger partial charge in [-0.2, -0.15) is 0 Å². The fourth-order valence-corrected chi connectivity index (χ4v) is 2.87. The standard InChI is InChI=1S/C19H19ClN4O/c1-4-14-7-5-6-12(2)17(14)21-19(25)18-13(3)24(23-22-18)16-10-8-15(20)9-11-16/h5-11H,4H2,1-3H3,(H,21,25). The number of nitrogens with one attached hydrogen (secondary N) is 1. The Balaban J connectivity index is 1.91. The van der Waals surface area contributed by atoms with E-state index in [1.165, 1.54) is 0 Å². The van der Waals surface area contributed by atoms with Crippen LogP contribution in [0, 0.1) is 13.8 Å². The quantitative estimate of drug-likeness (QED) is 0.757. The number of carbonyl (C=O) groups excluding carboxylic acids is 1. The highest BCUT2D eigenvalue weighted by Crippen LogP contribution is 2.22. The van der Waals surface area contributed by atoms with Crippen molar-refractivity contribution < 1.29 is 4.79 Å². The van der Waals surface area contributed by atoms with Crippen molar-refractivity contribution in [3.05, 3.63) is 70.0 Å². The predicted octanol–water partition coefficient (Wildman–Crippen LogP) is 4.35. The van der Waals surface area contributed by atoms with Gasteiger partial charge in [0.25, 0.3) is 5.91 Å². The van der Waals surface area contributed by atoms with Gasteiger partial charge < -0.3 is 5.32 Å². The fourth-order valence-electron chi connectivity index (χ4n) is 2.74. The summed E-state index contributed by atoms with van der Waals surface area (Å²) in [5.74, 6) is -0.262. The maximum Gasteiger partial charge on any atom is 0.278 e. The molecular weight excluding hydrogens is 336 g/mol. The normalized spacial score (nSPS) is 10.7. The van der Waals surface area contributed by atoms with Crippen molar-refractivity contribution in [2.45, 2.75) is 27.2 Å². The lowest BCUT2D eigenvalue weighted by atomic mass is 10.1. The molecule has 0 radical (unpaired) electrons. The summed E-state index contributed by atoms with van der Waals surface area (Å²) in [6.45, 7) is 5.86. The number of para-hydroxylation sites is 1. The molecule has 0 bridgehead atoms. The molecule has 0 saturated heterocycles. The number of carbonyl (C=O) groups is 1. The fraction of sp³-hybridized carbons (Fsp3) is 0.211. The molecule has 0 aliphatic heterocycles. The second kappa shape index (κ2) is 7.07. The molecule has 5 nitrogen and oxygen atoms in total. The highest BCUT2D eigenvalue weighted by Gasteiger charge is 2.19. The van der Waals surface area contributed by atoms with Gasteiger partial charge in [0, 0.05) is 10.7 Å². The van der Waals surface area contributed by atoms with E-state index < -0.39 is 0 Å². The van der Waals surface area contributed by atoms with Gasteiger partial charge in [-0.3, -0.25) is 4.79 Å². The highest BCUT2D eigenvalue weighted by atomic mass is 35.5. The van der Waals surface area contributed by atoms with Crippen LogP contribution in [-0.4, -0.2) is 20.9 Å². The van der Waals surface area contributed by atoms with E-state index in [-0.39, 0.29) is 5.91 Å². The first kappa shape index (κ1) is 17.2. The molecule has 1 amide bonds. The predicted molar refractivity (Wildman–Crippen MR) is 99.6 cm³/mol. The number of hydrogen-bond donors (Lipinski definition) is 1. The van der Waals surface area contributed by atoms with Gasteiger partial charge in [-0.1, -0.05) is 41.9 Å². The molecule has 1 aromatic heterocycles. The summed E-state index contributed by atoms with van der Waals surface area (Å²) in [5.41, 5.74) is 4.74. The van der Waals surface area contributed by atoms with Crippen LogP contribution in [0.1, 0.15) is 34.2 Å². The molecule has 1 N–H and O–H groups in total. The Labute approximate surface area is 151 Å². The summed E-state index contributed by atoms with van der Waals surface area (Å²) >= 11 is 5.92. The molecule has 1 heterocycles. The topological polar surface area (TPSA) is 59.8 Å². The minimum Gasteiger partial charge on any atom is -0.320 e. The lowest BCUT2D eigenvalue weighted by molar-refractivity contribution is 0.102. The molecule has 0 spiro atoms. The van der Waals surface area contributed by atoms with Gasteiger partial charge in [-0.05, 0) is 55.7 Å². The van der Waals surface area contributed by atoms with Crippen molar-refractivity contribution in [3.63, 3.8) is 0 Å². The first-order chi connectivity index (χ1) is 12.0. The Bertz CT molecular complexity index is 916. The number of aryl methyl sites for hydroxylation is 2. The van der Waals surface area contributed by atoms with Gasteiger partial charge in [-0.25, -0.2) is 4.68 Å². The van der Waals surface area contributed by atoms with Crippen molar-refractivity contribution in [1.29, 1.82) is 0 Å². The van der Waals surface area contributed by atoms with Gasteiger partial charge in [0.05, 0.1) is 11.4 Å². The number of benzene rings is 2. The van der Waals surface area contributed by atoms with Crippen LogP contribution in [0.25, 0.3) is 5.69 Å². The first-order valence-electron chi connectivity index (χ1n) is 8.09. The summed E-state index contributed by atoms with van der Waals surface area (Å²) in [6.07, 6.45) is 0.841. The average Bonchev–Trinajstić information content (AvgIpc) is 2.99. The molecular formula is C19H19ClN4O. The maximum atomic E-state index is 12.7. The molecule has 128 valence electrons. The van der Waals surface area contributed by atoms with E-state index in [1.807, 2.05) is 44.2 Å². The number of aromatic nitrogens is 3. The summed E-state index contributed by atoms with van der Waals surface area (Å²) in [4.78, 5) is 12.7. The molecule has 0 unspecified atom stereocenters. The Hall–Kier alpha value is -2.66. The van der Waals surface area contributed by atoms with Crippen LogP contribution in [0.3, 0.4) is 0 Å². The van der Waals surface area contributed by atoms with Gasteiger partial charge in [0.1, 0.15) is 0 Å². The van der Waals surface area contributed by atoms with E-state index in [4.69, 9.17) is 11.6 Å². The van der Waals surface area contributed by atoms with Gasteiger partial charge in [0.2, 0.25) is 0 Å². The molecule has 0 atom stereocenters. The SMILES string of the molecule is CCc1cccc(C)c1NC(=O)c1nnn(-c2ccc(Cl)cc2)c1C. The molecule has 2 aromatic carbocycles. The van der Waals surface area contributed by atoms with Crippen LogP contribution in [-0.2, 0) is 6.42 Å². The van der Waals surface area contributed by atoms with E-state index in [2.05, 4.69) is 22.6 Å². The second-order valence-corrected chi connectivity index (χ2v) is 6.26. The van der Waals surface area contributed by atoms with E-state index in [1.54, 1.807) is 16.8 Å². The summed E-state index contributed by atoms with van der Waals surface area (Å²) in [5, 5.41) is 11.8. The van der Waals surface area contributed by atoms with Crippen LogP contribution in [0.2, 0.25) is 5.02 Å². The Morgan fingerprint density at radius 2 is 1.88 bits per heavy atom. The number of amides is 1. The number of anilines is 1. The molecule has 3 rings (SSSR count). The molecule has 0 aliphatic rings. The zero-order valence-electron chi connectivity index (χ0n) is 14.4. The number of hydrogen-bond acceptors (Lipinski definition) is 3. The summed E-state index contributed by atoms with van der Waals surface area (Å²) in [6, 6.07) is 13.2. The van der Waals surface area contributed by atoms with E-state index >= 15 is 0 Å². The maximum absolute atomic E-state index is 12.7. The summed E-state index contributed by atoms with van der Waals surface area (Å²) < 4.78 is 1.63. The second-order valence-electron chi connectivity index (χ2n) is 5.83. The first-order valence-corrected chi connectivity index (χ1v) is 8.47. The highest BCUT2D eigenvalue weighted by molar-refractivity contribution is 6.30. The average molecular weight is 355 g/mol. The zero-order chi connectivity index (χ0) is 18.0. The number of rotatable bonds is 4. The van der Waals surface area contributed by atoms with Crippen molar-refractivity contribution in [2.75, 3.05) is 5.32 Å². The number of nitrogens with zero attached hydrogens (tertiary/aromatic N) is 3. The third-order valence-corrected chi connectivity index (χ3v) is 4.41. The van der Waals surface area contributed by atoms with Crippen LogP contribution < -0.4 is 5.32 Å². The molecule has 3 aromatic rings. The molecule has 0 saturated carbocycles. The Morgan fingerprint density at radius 3 is 2.56 bits per heavy atom. The lowest BCUT2D eigenvalue weighted by Gasteiger charge is -2.12. The van der Waals surface area contributed by atoms with Crippen molar-refractivity contribution in [3.8, 4) is 5.69 Å². The molecule has 6 heteroatoms. The monoisotopic (exact) mass is 354 g/mol. The van der Waals surface area contributed by atoms with Crippen molar-refractivity contribution >= 4 is 23.2 Å². The van der Waals surface area contributed by atoms with E-state index in [0.29, 0.717) is 16.4 Å². The van der Waals surface area contributed by atoms with E-state index in [9.17, 15) is 4.79 Å². The minimum atomic E-state index is -0.262. The molecule has 0 fully saturated rings. The van der Waals surface area contributed by atoms with Crippen LogP contribution >= 0.6 is 11.6 Å². The van der Waals surface area contributed by atoms with Crippen molar-refractivity contribution in [1.82, 2.24) is 15.0 Å². The molecule has 0 aliphatic carbocycles. The van der Waals surface area contributed by atoms with Crippen molar-refractivity contribution in [2.24, 2.45) is 0 Å². The third kappa shape index (κ3) is 3.42.